The van der Waals surface area contributed by atoms with E-state index < -0.39 is 0 Å². The van der Waals surface area contributed by atoms with Crippen molar-refractivity contribution in [1.29, 1.82) is 0 Å². The molecule has 0 aromatic heterocycles. The molecule has 1 unspecified atom stereocenters. The molecule has 2 rings (SSSR count). The quantitative estimate of drug-likeness (QED) is 0.777. The summed E-state index contributed by atoms with van der Waals surface area (Å²) in [5.41, 5.74) is 0.901. The number of aryl methyl sites for hydroxylation is 1. The Bertz CT molecular complexity index is 504. The lowest BCUT2D eigenvalue weighted by atomic mass is 10.1. The van der Waals surface area contributed by atoms with Crippen molar-refractivity contribution >= 4 is 17.7 Å². The van der Waals surface area contributed by atoms with Crippen molar-refractivity contribution in [1.82, 2.24) is 16.0 Å². The number of hydrogen-bond donors (Lipinski definition) is 3. The van der Waals surface area contributed by atoms with E-state index in [2.05, 4.69) is 16.0 Å². The summed E-state index contributed by atoms with van der Waals surface area (Å²) >= 11 is 1.48. The first-order valence-corrected chi connectivity index (χ1v) is 6.36. The predicted molar refractivity (Wildman–Crippen MR) is 70.3 cm³/mol. The SMILES string of the molecule is CNC1=CNC(NC(=O)c2ccc(F)cc2C)S1. The summed E-state index contributed by atoms with van der Waals surface area (Å²) in [5.74, 6) is -0.556. The van der Waals surface area contributed by atoms with Gasteiger partial charge in [0.25, 0.3) is 5.91 Å². The van der Waals surface area contributed by atoms with E-state index >= 15 is 0 Å². The Morgan fingerprint density at radius 2 is 2.28 bits per heavy atom. The van der Waals surface area contributed by atoms with Crippen LogP contribution < -0.4 is 16.0 Å². The molecule has 4 nitrogen and oxygen atoms in total. The molecule has 0 fully saturated rings. The Morgan fingerprint density at radius 3 is 2.89 bits per heavy atom. The number of halogens is 1. The van der Waals surface area contributed by atoms with Gasteiger partial charge in [-0.05, 0) is 30.7 Å². The monoisotopic (exact) mass is 267 g/mol. The molecule has 0 saturated heterocycles. The Morgan fingerprint density at radius 1 is 1.50 bits per heavy atom. The summed E-state index contributed by atoms with van der Waals surface area (Å²) in [4.78, 5) is 12.0. The molecule has 18 heavy (non-hydrogen) atoms. The van der Waals surface area contributed by atoms with Crippen molar-refractivity contribution in [2.24, 2.45) is 0 Å². The van der Waals surface area contributed by atoms with E-state index in [0.29, 0.717) is 11.1 Å². The first-order valence-electron chi connectivity index (χ1n) is 5.48. The third kappa shape index (κ3) is 2.76. The highest BCUT2D eigenvalue weighted by Gasteiger charge is 2.19. The van der Waals surface area contributed by atoms with Crippen LogP contribution in [-0.4, -0.2) is 18.5 Å². The van der Waals surface area contributed by atoms with Crippen molar-refractivity contribution in [3.8, 4) is 0 Å². The number of hydrogen-bond acceptors (Lipinski definition) is 4. The van der Waals surface area contributed by atoms with Crippen LogP contribution in [0.2, 0.25) is 0 Å². The molecule has 0 spiro atoms. The number of carbonyl (C=O) groups is 1. The minimum absolute atomic E-state index is 0.204. The summed E-state index contributed by atoms with van der Waals surface area (Å²) in [5, 5.41) is 9.78. The number of rotatable bonds is 3. The van der Waals surface area contributed by atoms with Crippen LogP contribution in [-0.2, 0) is 0 Å². The van der Waals surface area contributed by atoms with Gasteiger partial charge in [-0.2, -0.15) is 0 Å². The van der Waals surface area contributed by atoms with Crippen LogP contribution in [0, 0.1) is 12.7 Å². The predicted octanol–water partition coefficient (Wildman–Crippen LogP) is 1.50. The van der Waals surface area contributed by atoms with E-state index in [4.69, 9.17) is 0 Å². The van der Waals surface area contributed by atoms with Gasteiger partial charge in [0, 0.05) is 18.8 Å². The zero-order chi connectivity index (χ0) is 13.1. The standard InChI is InChI=1S/C12H14FN3OS/c1-7-5-8(13)3-4-9(7)11(17)16-12-15-6-10(14-2)18-12/h3-6,12,14-15H,1-2H3,(H,16,17). The fourth-order valence-electron chi connectivity index (χ4n) is 1.63. The van der Waals surface area contributed by atoms with Gasteiger partial charge in [0.1, 0.15) is 5.82 Å². The molecule has 3 N–H and O–H groups in total. The third-order valence-corrected chi connectivity index (χ3v) is 3.62. The first kappa shape index (κ1) is 12.8. The average Bonchev–Trinajstić information content (AvgIpc) is 2.76. The summed E-state index contributed by atoms with van der Waals surface area (Å²) in [7, 11) is 1.81. The average molecular weight is 267 g/mol. The second-order valence-electron chi connectivity index (χ2n) is 3.86. The van der Waals surface area contributed by atoms with E-state index in [1.165, 1.54) is 30.0 Å². The van der Waals surface area contributed by atoms with Crippen LogP contribution in [0.1, 0.15) is 15.9 Å². The molecule has 0 saturated carbocycles. The number of thioether (sulfide) groups is 1. The number of carbonyl (C=O) groups excluding carboxylic acids is 1. The lowest BCUT2D eigenvalue weighted by molar-refractivity contribution is 0.0947. The largest absolute Gasteiger partial charge is 0.382 e. The van der Waals surface area contributed by atoms with Crippen LogP contribution in [0.15, 0.2) is 29.4 Å². The van der Waals surface area contributed by atoms with Gasteiger partial charge in [-0.1, -0.05) is 11.8 Å². The first-order chi connectivity index (χ1) is 8.60. The smallest absolute Gasteiger partial charge is 0.253 e. The molecule has 0 aliphatic carbocycles. The fourth-order valence-corrected chi connectivity index (χ4v) is 2.44. The van der Waals surface area contributed by atoms with Crippen molar-refractivity contribution < 1.29 is 9.18 Å². The van der Waals surface area contributed by atoms with Crippen LogP contribution >= 0.6 is 11.8 Å². The normalized spacial score (nSPS) is 17.9. The van der Waals surface area contributed by atoms with Crippen molar-refractivity contribution in [3.05, 3.63) is 46.4 Å². The van der Waals surface area contributed by atoms with Crippen LogP contribution in [0.25, 0.3) is 0 Å². The highest BCUT2D eigenvalue weighted by atomic mass is 32.2. The fraction of sp³-hybridized carbons (Fsp3) is 0.250. The molecule has 1 aromatic rings. The lowest BCUT2D eigenvalue weighted by Crippen LogP contribution is -2.38. The minimum Gasteiger partial charge on any atom is -0.382 e. The van der Waals surface area contributed by atoms with Gasteiger partial charge >= 0.3 is 0 Å². The molecule has 1 aliphatic rings. The van der Waals surface area contributed by atoms with E-state index in [1.807, 2.05) is 7.05 Å². The van der Waals surface area contributed by atoms with E-state index in [1.54, 1.807) is 13.1 Å². The van der Waals surface area contributed by atoms with Gasteiger partial charge in [0.15, 0.2) is 5.50 Å². The van der Waals surface area contributed by atoms with Crippen LogP contribution in [0.5, 0.6) is 0 Å². The molecule has 1 aromatic carbocycles. The molecule has 1 atom stereocenters. The van der Waals surface area contributed by atoms with Gasteiger partial charge in [-0.15, -0.1) is 0 Å². The second-order valence-corrected chi connectivity index (χ2v) is 5.00. The van der Waals surface area contributed by atoms with Crippen LogP contribution in [0.4, 0.5) is 4.39 Å². The molecule has 6 heteroatoms. The summed E-state index contributed by atoms with van der Waals surface area (Å²) in [6, 6.07) is 4.13. The maximum Gasteiger partial charge on any atom is 0.253 e. The van der Waals surface area contributed by atoms with E-state index in [9.17, 15) is 9.18 Å². The van der Waals surface area contributed by atoms with E-state index in [-0.39, 0.29) is 17.2 Å². The number of amides is 1. The topological polar surface area (TPSA) is 53.2 Å². The Hall–Kier alpha value is -1.69. The maximum absolute atomic E-state index is 12.9. The summed E-state index contributed by atoms with van der Waals surface area (Å²) < 4.78 is 12.9. The Balaban J connectivity index is 2.01. The Labute approximate surface area is 109 Å². The molecule has 1 amide bonds. The minimum atomic E-state index is -0.337. The van der Waals surface area contributed by atoms with Crippen molar-refractivity contribution in [2.45, 2.75) is 12.4 Å². The molecule has 96 valence electrons. The highest BCUT2D eigenvalue weighted by molar-refractivity contribution is 8.03. The van der Waals surface area contributed by atoms with Crippen LogP contribution in [0.3, 0.4) is 0 Å². The summed E-state index contributed by atoms with van der Waals surface area (Å²) in [6.45, 7) is 1.71. The lowest BCUT2D eigenvalue weighted by Gasteiger charge is -2.14. The molecule has 0 bridgehead atoms. The molecular formula is C12H14FN3OS. The van der Waals surface area contributed by atoms with Gasteiger partial charge in [-0.3, -0.25) is 4.79 Å². The van der Waals surface area contributed by atoms with Gasteiger partial charge in [0.2, 0.25) is 0 Å². The molecule has 1 aliphatic heterocycles. The summed E-state index contributed by atoms with van der Waals surface area (Å²) in [6.07, 6.45) is 1.80. The molecule has 0 radical (unpaired) electrons. The van der Waals surface area contributed by atoms with E-state index in [0.717, 1.165) is 5.03 Å². The Kier molecular flexibility index (Phi) is 3.76. The third-order valence-electron chi connectivity index (χ3n) is 2.55. The zero-order valence-electron chi connectivity index (χ0n) is 10.1. The van der Waals surface area contributed by atoms with Crippen molar-refractivity contribution in [2.75, 3.05) is 7.05 Å². The second kappa shape index (κ2) is 5.30. The van der Waals surface area contributed by atoms with Crippen molar-refractivity contribution in [3.63, 3.8) is 0 Å². The number of benzene rings is 1. The highest BCUT2D eigenvalue weighted by Crippen LogP contribution is 2.21. The molecular weight excluding hydrogens is 253 g/mol. The maximum atomic E-state index is 12.9. The molecule has 1 heterocycles. The van der Waals surface area contributed by atoms with Gasteiger partial charge in [-0.25, -0.2) is 4.39 Å². The van der Waals surface area contributed by atoms with Gasteiger partial charge in [0.05, 0.1) is 5.03 Å². The van der Waals surface area contributed by atoms with Gasteiger partial charge < -0.3 is 16.0 Å². The zero-order valence-corrected chi connectivity index (χ0v) is 10.9. The number of nitrogens with one attached hydrogen (secondary N) is 3.